The van der Waals surface area contributed by atoms with E-state index in [0.29, 0.717) is 29.9 Å². The Morgan fingerprint density at radius 3 is 2.54 bits per heavy atom. The van der Waals surface area contributed by atoms with Crippen molar-refractivity contribution in [2.24, 2.45) is 7.05 Å². The molecular weight excluding hydrogens is 537 g/mol. The lowest BCUT2D eigenvalue weighted by atomic mass is 9.92. The Morgan fingerprint density at radius 1 is 1.10 bits per heavy atom. The molecule has 3 amide bonds. The van der Waals surface area contributed by atoms with Gasteiger partial charge in [0.25, 0.3) is 0 Å². The SMILES string of the molecule is Cn1ncc2c1CN(C(=O)CN1C(=O)N(c3cccc(C(F)(F)F)c3)C3=C(C(=O)CC3)C1c1ccc(C#N)cc1)C2. The largest absolute Gasteiger partial charge is 0.416 e. The van der Waals surface area contributed by atoms with Gasteiger partial charge in [0.1, 0.15) is 6.54 Å². The molecular formula is C29H23F3N6O3. The van der Waals surface area contributed by atoms with Gasteiger partial charge in [0.15, 0.2) is 5.78 Å². The van der Waals surface area contributed by atoms with Crippen LogP contribution in [-0.2, 0) is 35.9 Å². The molecule has 2 aliphatic heterocycles. The maximum Gasteiger partial charge on any atom is 0.416 e. The van der Waals surface area contributed by atoms with Gasteiger partial charge in [-0.2, -0.15) is 23.5 Å². The van der Waals surface area contributed by atoms with E-state index in [-0.39, 0.29) is 35.8 Å². The summed E-state index contributed by atoms with van der Waals surface area (Å²) in [6, 6.07) is 11.1. The fourth-order valence-electron chi connectivity index (χ4n) is 5.76. The molecule has 1 aliphatic carbocycles. The summed E-state index contributed by atoms with van der Waals surface area (Å²) in [7, 11) is 1.77. The van der Waals surface area contributed by atoms with Gasteiger partial charge >= 0.3 is 12.2 Å². The van der Waals surface area contributed by atoms with Crippen LogP contribution in [0.3, 0.4) is 0 Å². The number of halogens is 3. The van der Waals surface area contributed by atoms with Gasteiger partial charge in [0, 0.05) is 36.8 Å². The number of allylic oxidation sites excluding steroid dienone is 1. The van der Waals surface area contributed by atoms with E-state index in [4.69, 9.17) is 0 Å². The van der Waals surface area contributed by atoms with Gasteiger partial charge in [-0.1, -0.05) is 18.2 Å². The van der Waals surface area contributed by atoms with E-state index in [9.17, 15) is 32.8 Å². The fraction of sp³-hybridized carbons (Fsp3) is 0.276. The van der Waals surface area contributed by atoms with Crippen LogP contribution in [0.25, 0.3) is 0 Å². The van der Waals surface area contributed by atoms with Crippen molar-refractivity contribution in [3.8, 4) is 6.07 Å². The number of benzene rings is 2. The molecule has 0 fully saturated rings. The number of fused-ring (bicyclic) bond motifs is 1. The number of hydrogen-bond donors (Lipinski definition) is 0. The smallest absolute Gasteiger partial charge is 0.331 e. The summed E-state index contributed by atoms with van der Waals surface area (Å²) in [4.78, 5) is 45.1. The second kappa shape index (κ2) is 9.62. The van der Waals surface area contributed by atoms with Gasteiger partial charge in [0.05, 0.1) is 47.4 Å². The molecule has 0 spiro atoms. The standard InChI is InChI=1S/C29H23F3N6O3/c1-35-23-15-36(14-19(23)13-34-35)25(40)16-37-27(18-7-5-17(12-33)6-8-18)26-22(9-10-24(26)39)38(28(37)41)21-4-2-3-20(11-21)29(30,31)32/h2-8,11,13,27H,9-10,14-16H2,1H3. The summed E-state index contributed by atoms with van der Waals surface area (Å²) in [5.41, 5.74) is 2.25. The molecule has 0 N–H and O–H groups in total. The van der Waals surface area contributed by atoms with E-state index < -0.39 is 30.4 Å². The quantitative estimate of drug-likeness (QED) is 0.469. The zero-order chi connectivity index (χ0) is 29.1. The molecule has 0 radical (unpaired) electrons. The second-order valence-electron chi connectivity index (χ2n) is 10.2. The summed E-state index contributed by atoms with van der Waals surface area (Å²) in [5.74, 6) is -0.636. The molecule has 0 bridgehead atoms. The average Bonchev–Trinajstić information content (AvgIpc) is 3.65. The summed E-state index contributed by atoms with van der Waals surface area (Å²) in [6.07, 6.45) is -2.72. The predicted molar refractivity (Wildman–Crippen MR) is 139 cm³/mol. The Morgan fingerprint density at radius 2 is 1.85 bits per heavy atom. The summed E-state index contributed by atoms with van der Waals surface area (Å²) in [6.45, 7) is 0.179. The van der Waals surface area contributed by atoms with Crippen molar-refractivity contribution < 1.29 is 27.6 Å². The van der Waals surface area contributed by atoms with Gasteiger partial charge in [-0.25, -0.2) is 4.79 Å². The number of anilines is 1. The first-order valence-electron chi connectivity index (χ1n) is 12.9. The van der Waals surface area contributed by atoms with Crippen LogP contribution in [0.4, 0.5) is 23.7 Å². The van der Waals surface area contributed by atoms with Crippen LogP contribution in [0.1, 0.15) is 46.8 Å². The number of aryl methyl sites for hydroxylation is 1. The monoisotopic (exact) mass is 560 g/mol. The van der Waals surface area contributed by atoms with Gasteiger partial charge < -0.3 is 9.80 Å². The lowest BCUT2D eigenvalue weighted by Crippen LogP contribution is -2.53. The topological polar surface area (TPSA) is 103 Å². The van der Waals surface area contributed by atoms with E-state index in [1.165, 1.54) is 17.0 Å². The highest BCUT2D eigenvalue weighted by atomic mass is 19.4. The number of ketones is 1. The van der Waals surface area contributed by atoms with Crippen LogP contribution in [0.5, 0.6) is 0 Å². The van der Waals surface area contributed by atoms with Crippen molar-refractivity contribution in [1.82, 2.24) is 19.6 Å². The number of urea groups is 1. The van der Waals surface area contributed by atoms with Gasteiger partial charge in [-0.15, -0.1) is 0 Å². The van der Waals surface area contributed by atoms with E-state index in [0.717, 1.165) is 28.3 Å². The molecule has 9 nitrogen and oxygen atoms in total. The Kier molecular flexibility index (Phi) is 6.17. The Hall–Kier alpha value is -4.92. The third kappa shape index (κ3) is 4.43. The Labute approximate surface area is 232 Å². The third-order valence-electron chi connectivity index (χ3n) is 7.79. The number of carbonyl (C=O) groups excluding carboxylic acids is 3. The molecule has 3 aromatic rings. The van der Waals surface area contributed by atoms with Crippen molar-refractivity contribution >= 4 is 23.4 Å². The molecule has 6 rings (SSSR count). The van der Waals surface area contributed by atoms with Crippen LogP contribution in [0.15, 0.2) is 66.0 Å². The number of Topliss-reactive ketones (excluding diaryl/α,β-unsaturated/α-hetero) is 1. The highest BCUT2D eigenvalue weighted by Crippen LogP contribution is 2.45. The predicted octanol–water partition coefficient (Wildman–Crippen LogP) is 4.45. The minimum atomic E-state index is -4.64. The molecule has 1 aromatic heterocycles. The first-order valence-corrected chi connectivity index (χ1v) is 12.9. The van der Waals surface area contributed by atoms with Crippen molar-refractivity contribution in [2.45, 2.75) is 38.1 Å². The lowest BCUT2D eigenvalue weighted by Gasteiger charge is -2.42. The Balaban J connectivity index is 1.44. The third-order valence-corrected chi connectivity index (χ3v) is 7.79. The van der Waals surface area contributed by atoms with Crippen LogP contribution in [0.2, 0.25) is 0 Å². The molecule has 41 heavy (non-hydrogen) atoms. The first kappa shape index (κ1) is 26.3. The van der Waals surface area contributed by atoms with E-state index in [2.05, 4.69) is 5.10 Å². The second-order valence-corrected chi connectivity index (χ2v) is 10.2. The molecule has 2 aromatic carbocycles. The lowest BCUT2D eigenvalue weighted by molar-refractivity contribution is -0.137. The molecule has 12 heteroatoms. The normalized spacial score (nSPS) is 18.6. The van der Waals surface area contributed by atoms with Crippen LogP contribution in [-0.4, -0.2) is 43.8 Å². The number of nitriles is 1. The number of hydrogen-bond acceptors (Lipinski definition) is 5. The fourth-order valence-corrected chi connectivity index (χ4v) is 5.76. The number of rotatable bonds is 4. The number of alkyl halides is 3. The highest BCUT2D eigenvalue weighted by molar-refractivity contribution is 6.08. The van der Waals surface area contributed by atoms with E-state index in [1.54, 1.807) is 47.1 Å². The van der Waals surface area contributed by atoms with Crippen molar-refractivity contribution in [3.05, 3.63) is 93.9 Å². The van der Waals surface area contributed by atoms with Crippen LogP contribution in [0, 0.1) is 11.3 Å². The molecule has 3 heterocycles. The molecule has 1 atom stereocenters. The molecule has 0 saturated heterocycles. The number of amides is 3. The van der Waals surface area contributed by atoms with Crippen LogP contribution < -0.4 is 4.90 Å². The molecule has 1 unspecified atom stereocenters. The molecule has 3 aliphatic rings. The molecule has 208 valence electrons. The van der Waals surface area contributed by atoms with Crippen molar-refractivity contribution in [3.63, 3.8) is 0 Å². The van der Waals surface area contributed by atoms with Gasteiger partial charge in [-0.3, -0.25) is 19.2 Å². The van der Waals surface area contributed by atoms with E-state index >= 15 is 0 Å². The highest BCUT2D eigenvalue weighted by Gasteiger charge is 2.47. The zero-order valence-electron chi connectivity index (χ0n) is 21.9. The van der Waals surface area contributed by atoms with Gasteiger partial charge in [-0.05, 0) is 42.3 Å². The summed E-state index contributed by atoms with van der Waals surface area (Å²) < 4.78 is 42.4. The maximum atomic E-state index is 14.2. The zero-order valence-corrected chi connectivity index (χ0v) is 21.9. The summed E-state index contributed by atoms with van der Waals surface area (Å²) in [5, 5.41) is 13.5. The minimum Gasteiger partial charge on any atom is -0.331 e. The number of nitrogens with zero attached hydrogens (tertiary/aromatic N) is 6. The molecule has 0 saturated carbocycles. The maximum absolute atomic E-state index is 14.2. The number of carbonyl (C=O) groups is 3. The minimum absolute atomic E-state index is 0.0394. The average molecular weight is 561 g/mol. The van der Waals surface area contributed by atoms with Crippen molar-refractivity contribution in [1.29, 1.82) is 5.26 Å². The Bertz CT molecular complexity index is 1670. The van der Waals surface area contributed by atoms with Gasteiger partial charge in [0.2, 0.25) is 5.91 Å². The van der Waals surface area contributed by atoms with Crippen molar-refractivity contribution in [2.75, 3.05) is 11.4 Å². The van der Waals surface area contributed by atoms with E-state index in [1.807, 2.05) is 6.07 Å². The summed E-state index contributed by atoms with van der Waals surface area (Å²) >= 11 is 0. The first-order chi connectivity index (χ1) is 19.6. The number of aromatic nitrogens is 2. The van der Waals surface area contributed by atoms with Crippen LogP contribution >= 0.6 is 0 Å².